The minimum atomic E-state index is -0.566. The quantitative estimate of drug-likeness (QED) is 0.526. The molecule has 3 aromatic rings. The largest absolute Gasteiger partial charge is 0.463 e. The zero-order chi connectivity index (χ0) is 20.5. The Hall–Kier alpha value is -2.29. The number of carbonyl (C=O) groups excluding carboxylic acids is 1. The van der Waals surface area contributed by atoms with Gasteiger partial charge in [-0.15, -0.1) is 11.3 Å². The molecule has 1 atom stereocenters. The van der Waals surface area contributed by atoms with E-state index in [4.69, 9.17) is 4.74 Å². The van der Waals surface area contributed by atoms with E-state index in [1.165, 1.54) is 11.3 Å². The molecule has 0 amide bonds. The van der Waals surface area contributed by atoms with E-state index in [0.29, 0.717) is 20.6 Å². The molecular formula is C21H17BrN2O3S2. The van der Waals surface area contributed by atoms with Gasteiger partial charge >= 0.3 is 5.97 Å². The molecule has 1 unspecified atom stereocenters. The molecule has 1 aliphatic rings. The Kier molecular flexibility index (Phi) is 5.67. The van der Waals surface area contributed by atoms with Crippen molar-refractivity contribution >= 4 is 50.6 Å². The minimum Gasteiger partial charge on any atom is -0.463 e. The number of thiazole rings is 1. The van der Waals surface area contributed by atoms with Crippen LogP contribution in [-0.2, 0) is 9.53 Å². The van der Waals surface area contributed by atoms with Gasteiger partial charge in [0.05, 0.1) is 32.2 Å². The number of allylic oxidation sites excluding steroid dienone is 1. The average Bonchev–Trinajstić information content (AvgIpc) is 3.24. The van der Waals surface area contributed by atoms with Crippen LogP contribution in [0.1, 0.15) is 30.3 Å². The molecule has 4 rings (SSSR count). The van der Waals surface area contributed by atoms with Gasteiger partial charge in [-0.25, -0.2) is 9.79 Å². The van der Waals surface area contributed by atoms with Crippen molar-refractivity contribution in [1.82, 2.24) is 4.57 Å². The lowest BCUT2D eigenvalue weighted by molar-refractivity contribution is -0.139. The van der Waals surface area contributed by atoms with Crippen LogP contribution in [0.4, 0.5) is 0 Å². The Morgan fingerprint density at radius 3 is 2.66 bits per heavy atom. The maximum atomic E-state index is 13.3. The van der Waals surface area contributed by atoms with Crippen LogP contribution in [0.2, 0.25) is 0 Å². The van der Waals surface area contributed by atoms with Gasteiger partial charge in [-0.2, -0.15) is 0 Å². The first kappa shape index (κ1) is 20.0. The normalized spacial score (nSPS) is 16.5. The van der Waals surface area contributed by atoms with Gasteiger partial charge in [-0.05, 0) is 53.5 Å². The van der Waals surface area contributed by atoms with Crippen molar-refractivity contribution in [3.05, 3.63) is 87.6 Å². The molecule has 0 radical (unpaired) electrons. The Bertz CT molecular complexity index is 1290. The maximum absolute atomic E-state index is 13.3. The van der Waals surface area contributed by atoms with Gasteiger partial charge in [0, 0.05) is 4.88 Å². The first-order valence-electron chi connectivity index (χ1n) is 8.99. The lowest BCUT2D eigenvalue weighted by Crippen LogP contribution is -2.39. The predicted octanol–water partition coefficient (Wildman–Crippen LogP) is 3.62. The number of rotatable bonds is 4. The molecule has 29 heavy (non-hydrogen) atoms. The summed E-state index contributed by atoms with van der Waals surface area (Å²) in [6.45, 7) is 3.81. The molecule has 0 N–H and O–H groups in total. The van der Waals surface area contributed by atoms with Gasteiger partial charge < -0.3 is 4.74 Å². The van der Waals surface area contributed by atoms with Gasteiger partial charge in [-0.3, -0.25) is 9.36 Å². The van der Waals surface area contributed by atoms with E-state index in [0.717, 1.165) is 14.2 Å². The Labute approximate surface area is 183 Å². The Balaban J connectivity index is 1.96. The molecule has 0 saturated carbocycles. The van der Waals surface area contributed by atoms with Crippen LogP contribution in [0.25, 0.3) is 6.08 Å². The third-order valence-electron chi connectivity index (χ3n) is 4.50. The number of carbonyl (C=O) groups is 1. The predicted molar refractivity (Wildman–Crippen MR) is 119 cm³/mol. The molecule has 8 heteroatoms. The van der Waals surface area contributed by atoms with Crippen LogP contribution >= 0.6 is 38.6 Å². The van der Waals surface area contributed by atoms with E-state index < -0.39 is 12.0 Å². The molecule has 0 spiro atoms. The standard InChI is InChI=1S/C21H17BrN2O3S2/c1-3-27-20(26)17-12(2)23-21-24(18(17)13-7-5-4-6-8-13)19(25)15(29-21)11-14-9-10-16(22)28-14/h4-11,18H,3H2,1-2H3/b15-11-. The summed E-state index contributed by atoms with van der Waals surface area (Å²) in [6, 6.07) is 12.9. The number of thiophene rings is 1. The van der Waals surface area contributed by atoms with Crippen molar-refractivity contribution < 1.29 is 9.53 Å². The summed E-state index contributed by atoms with van der Waals surface area (Å²) in [6.07, 6.45) is 1.87. The second-order valence-corrected chi connectivity index (χ2v) is 9.86. The van der Waals surface area contributed by atoms with Crippen molar-refractivity contribution in [3.63, 3.8) is 0 Å². The second-order valence-electron chi connectivity index (χ2n) is 6.35. The fourth-order valence-corrected chi connectivity index (χ4v) is 5.76. The number of hydrogen-bond donors (Lipinski definition) is 0. The van der Waals surface area contributed by atoms with Gasteiger partial charge in [0.1, 0.15) is 0 Å². The van der Waals surface area contributed by atoms with Crippen molar-refractivity contribution in [2.24, 2.45) is 4.99 Å². The number of nitrogens with zero attached hydrogens (tertiary/aromatic N) is 2. The Morgan fingerprint density at radius 2 is 2.00 bits per heavy atom. The van der Waals surface area contributed by atoms with Gasteiger partial charge in [-0.1, -0.05) is 41.7 Å². The molecule has 1 aromatic carbocycles. The monoisotopic (exact) mass is 488 g/mol. The highest BCUT2D eigenvalue weighted by Gasteiger charge is 2.33. The number of benzene rings is 1. The van der Waals surface area contributed by atoms with Crippen molar-refractivity contribution in [3.8, 4) is 0 Å². The minimum absolute atomic E-state index is 0.165. The van der Waals surface area contributed by atoms with Crippen LogP contribution in [0, 0.1) is 0 Å². The summed E-state index contributed by atoms with van der Waals surface area (Å²) < 4.78 is 8.47. The Morgan fingerprint density at radius 1 is 1.24 bits per heavy atom. The summed E-state index contributed by atoms with van der Waals surface area (Å²) in [5.74, 6) is -0.445. The first-order valence-corrected chi connectivity index (χ1v) is 11.4. The highest BCUT2D eigenvalue weighted by atomic mass is 79.9. The summed E-state index contributed by atoms with van der Waals surface area (Å²) in [7, 11) is 0. The average molecular weight is 489 g/mol. The molecule has 3 heterocycles. The van der Waals surface area contributed by atoms with E-state index in [-0.39, 0.29) is 12.2 Å². The summed E-state index contributed by atoms with van der Waals surface area (Å²) in [4.78, 5) is 32.2. The zero-order valence-corrected chi connectivity index (χ0v) is 18.9. The SMILES string of the molecule is CCOC(=O)C1=C(C)N=c2s/c(=C\c3ccc(Br)s3)c(=O)n2C1c1ccccc1. The number of ether oxygens (including phenoxy) is 1. The lowest BCUT2D eigenvalue weighted by atomic mass is 9.96. The zero-order valence-electron chi connectivity index (χ0n) is 15.7. The van der Waals surface area contributed by atoms with Crippen LogP contribution in [0.3, 0.4) is 0 Å². The number of fused-ring (bicyclic) bond motifs is 1. The molecule has 1 aliphatic heterocycles. The van der Waals surface area contributed by atoms with Gasteiger partial charge in [0.2, 0.25) is 0 Å². The maximum Gasteiger partial charge on any atom is 0.338 e. The molecule has 0 aliphatic carbocycles. The van der Waals surface area contributed by atoms with Crippen LogP contribution < -0.4 is 14.9 Å². The second kappa shape index (κ2) is 8.22. The molecule has 2 aromatic heterocycles. The van der Waals surface area contributed by atoms with Gasteiger partial charge in [0.25, 0.3) is 5.56 Å². The first-order chi connectivity index (χ1) is 14.0. The number of hydrogen-bond acceptors (Lipinski definition) is 6. The number of aromatic nitrogens is 1. The van der Waals surface area contributed by atoms with Crippen molar-refractivity contribution in [2.45, 2.75) is 19.9 Å². The fraction of sp³-hybridized carbons (Fsp3) is 0.190. The third kappa shape index (κ3) is 3.80. The molecule has 5 nitrogen and oxygen atoms in total. The highest BCUT2D eigenvalue weighted by Crippen LogP contribution is 2.30. The van der Waals surface area contributed by atoms with E-state index in [1.807, 2.05) is 48.5 Å². The summed E-state index contributed by atoms with van der Waals surface area (Å²) in [5.41, 5.74) is 1.65. The smallest absolute Gasteiger partial charge is 0.338 e. The van der Waals surface area contributed by atoms with E-state index in [9.17, 15) is 9.59 Å². The summed E-state index contributed by atoms with van der Waals surface area (Å²) in [5, 5.41) is 0. The molecule has 0 fully saturated rings. The number of esters is 1. The highest BCUT2D eigenvalue weighted by molar-refractivity contribution is 9.11. The van der Waals surface area contributed by atoms with Crippen LogP contribution in [0.5, 0.6) is 0 Å². The molecule has 0 bridgehead atoms. The fourth-order valence-electron chi connectivity index (χ4n) is 3.28. The topological polar surface area (TPSA) is 60.7 Å². The van der Waals surface area contributed by atoms with Crippen molar-refractivity contribution in [2.75, 3.05) is 6.61 Å². The molecule has 148 valence electrons. The molecular weight excluding hydrogens is 472 g/mol. The third-order valence-corrected chi connectivity index (χ3v) is 7.05. The van der Waals surface area contributed by atoms with Crippen molar-refractivity contribution in [1.29, 1.82) is 0 Å². The number of halogens is 1. The van der Waals surface area contributed by atoms with E-state index in [1.54, 1.807) is 29.8 Å². The summed E-state index contributed by atoms with van der Waals surface area (Å²) >= 11 is 6.33. The van der Waals surface area contributed by atoms with Gasteiger partial charge in [0.15, 0.2) is 4.80 Å². The molecule has 0 saturated heterocycles. The van der Waals surface area contributed by atoms with Crippen LogP contribution in [0.15, 0.2) is 67.3 Å². The van der Waals surface area contributed by atoms with E-state index >= 15 is 0 Å². The lowest BCUT2D eigenvalue weighted by Gasteiger charge is -2.24. The van der Waals surface area contributed by atoms with Crippen LogP contribution in [-0.4, -0.2) is 17.1 Å². The van der Waals surface area contributed by atoms with E-state index in [2.05, 4.69) is 20.9 Å².